The number of amides is 1. The van der Waals surface area contributed by atoms with Gasteiger partial charge in [-0.3, -0.25) is 4.79 Å². The van der Waals surface area contributed by atoms with Crippen LogP contribution in [0.3, 0.4) is 0 Å². The summed E-state index contributed by atoms with van der Waals surface area (Å²) in [5.41, 5.74) is -0.490. The van der Waals surface area contributed by atoms with Crippen molar-refractivity contribution in [1.82, 2.24) is 5.32 Å². The fourth-order valence-corrected chi connectivity index (χ4v) is 1.70. The summed E-state index contributed by atoms with van der Waals surface area (Å²) >= 11 is 0. The van der Waals surface area contributed by atoms with E-state index in [1.807, 2.05) is 34.6 Å². The predicted octanol–water partition coefficient (Wildman–Crippen LogP) is 2.99. The topological polar surface area (TPSA) is 64.6 Å². The molecule has 0 aliphatic carbocycles. The number of carbonyl (C=O) groups is 2. The van der Waals surface area contributed by atoms with Gasteiger partial charge < -0.3 is 14.8 Å². The van der Waals surface area contributed by atoms with Gasteiger partial charge in [0.05, 0.1) is 13.0 Å². The number of hydrogen-bond donors (Lipinski definition) is 1. The average Bonchev–Trinajstić information content (AvgIpc) is 2.37. The maximum absolute atomic E-state index is 11.5. The largest absolute Gasteiger partial charge is 0.469 e. The van der Waals surface area contributed by atoms with Gasteiger partial charge in [-0.25, -0.2) is 4.79 Å². The predicted molar refractivity (Wildman–Crippen MR) is 83.7 cm³/mol. The van der Waals surface area contributed by atoms with Gasteiger partial charge in [0.2, 0.25) is 0 Å². The molecule has 21 heavy (non-hydrogen) atoms. The monoisotopic (exact) mass is 299 g/mol. The summed E-state index contributed by atoms with van der Waals surface area (Å²) in [6, 6.07) is 0. The second-order valence-electron chi connectivity index (χ2n) is 5.94. The Morgan fingerprint density at radius 2 is 1.71 bits per heavy atom. The summed E-state index contributed by atoms with van der Waals surface area (Å²) < 4.78 is 9.89. The van der Waals surface area contributed by atoms with Crippen molar-refractivity contribution < 1.29 is 19.1 Å². The van der Waals surface area contributed by atoms with Crippen LogP contribution in [0, 0.1) is 24.7 Å². The fourth-order valence-electron chi connectivity index (χ4n) is 1.70. The summed E-state index contributed by atoms with van der Waals surface area (Å²) in [4.78, 5) is 22.9. The molecule has 122 valence electrons. The molecule has 0 fully saturated rings. The second kappa shape index (κ2) is 11.0. The van der Waals surface area contributed by atoms with E-state index in [2.05, 4.69) is 18.2 Å². The molecule has 0 aliphatic heterocycles. The first kappa shape index (κ1) is 21.6. The van der Waals surface area contributed by atoms with E-state index in [0.29, 0.717) is 13.0 Å². The van der Waals surface area contributed by atoms with Gasteiger partial charge in [-0.2, -0.15) is 0 Å². The number of carbonyl (C=O) groups excluding carboxylic acids is 2. The highest BCUT2D eigenvalue weighted by atomic mass is 16.6. The summed E-state index contributed by atoms with van der Waals surface area (Å²) in [7, 11) is 1.40. The summed E-state index contributed by atoms with van der Waals surface area (Å²) in [5.74, 6) is -0.0771. The number of esters is 1. The van der Waals surface area contributed by atoms with E-state index >= 15 is 0 Å². The van der Waals surface area contributed by atoms with Crippen molar-refractivity contribution in [2.24, 2.45) is 11.8 Å². The third-order valence-electron chi connectivity index (χ3n) is 2.67. The van der Waals surface area contributed by atoms with E-state index in [1.54, 1.807) is 0 Å². The Morgan fingerprint density at radius 1 is 1.19 bits per heavy atom. The van der Waals surface area contributed by atoms with Crippen LogP contribution in [0.1, 0.15) is 47.5 Å². The van der Waals surface area contributed by atoms with Crippen LogP contribution in [0.5, 0.6) is 0 Å². The molecule has 0 bridgehead atoms. The molecular weight excluding hydrogens is 270 g/mol. The summed E-state index contributed by atoms with van der Waals surface area (Å²) in [6.07, 6.45) is 8.99. The van der Waals surface area contributed by atoms with Gasteiger partial charge in [-0.15, -0.1) is 12.8 Å². The average molecular weight is 299 g/mol. The molecule has 5 heteroatoms. The maximum Gasteiger partial charge on any atom is 0.407 e. The second-order valence-corrected chi connectivity index (χ2v) is 5.94. The molecular formula is C16H29NO4. The van der Waals surface area contributed by atoms with Crippen molar-refractivity contribution in [3.05, 3.63) is 0 Å². The van der Waals surface area contributed by atoms with Gasteiger partial charge in [0.15, 0.2) is 0 Å². The number of ether oxygens (including phenoxy) is 2. The molecule has 5 nitrogen and oxygen atoms in total. The lowest BCUT2D eigenvalue weighted by atomic mass is 9.91. The molecule has 0 aromatic rings. The van der Waals surface area contributed by atoms with Gasteiger partial charge in [0, 0.05) is 6.54 Å². The molecule has 1 amide bonds. The molecule has 0 aliphatic rings. The Bertz CT molecular complexity index is 329. The first-order chi connectivity index (χ1) is 9.67. The van der Waals surface area contributed by atoms with Crippen LogP contribution >= 0.6 is 0 Å². The molecule has 0 radical (unpaired) electrons. The minimum atomic E-state index is -0.490. The van der Waals surface area contributed by atoms with Crippen molar-refractivity contribution in [2.45, 2.75) is 53.1 Å². The molecule has 0 saturated heterocycles. The third kappa shape index (κ3) is 11.8. The molecule has 1 unspecified atom stereocenters. The first-order valence-corrected chi connectivity index (χ1v) is 7.05. The number of hydrogen-bond acceptors (Lipinski definition) is 4. The van der Waals surface area contributed by atoms with Crippen molar-refractivity contribution in [3.8, 4) is 12.8 Å². The van der Waals surface area contributed by atoms with Gasteiger partial charge >= 0.3 is 12.1 Å². The van der Waals surface area contributed by atoms with Gasteiger partial charge in [-0.05, 0) is 39.5 Å². The summed E-state index contributed by atoms with van der Waals surface area (Å²) in [6.45, 7) is 9.93. The van der Waals surface area contributed by atoms with E-state index in [1.165, 1.54) is 7.11 Å². The third-order valence-corrected chi connectivity index (χ3v) is 2.67. The summed E-state index contributed by atoms with van der Waals surface area (Å²) in [5, 5.41) is 2.68. The highest BCUT2D eigenvalue weighted by Crippen LogP contribution is 2.18. The van der Waals surface area contributed by atoms with Gasteiger partial charge in [-0.1, -0.05) is 13.8 Å². The van der Waals surface area contributed by atoms with Gasteiger partial charge in [0.25, 0.3) is 0 Å². The van der Waals surface area contributed by atoms with Crippen molar-refractivity contribution in [1.29, 1.82) is 0 Å². The van der Waals surface area contributed by atoms with E-state index < -0.39 is 11.7 Å². The normalized spacial score (nSPS) is 11.9. The van der Waals surface area contributed by atoms with E-state index in [4.69, 9.17) is 9.47 Å². The Hall–Kier alpha value is -1.70. The standard InChI is InChI=1S/C14H27NO4.C2H2/c1-10(2)11(12(16)18-6)8-7-9-15-13(17)19-14(3,4)5;1-2/h10-11H,7-9H2,1-6H3,(H,15,17);1-2H. The van der Waals surface area contributed by atoms with Crippen LogP contribution in [-0.2, 0) is 14.3 Å². The molecule has 0 spiro atoms. The lowest BCUT2D eigenvalue weighted by molar-refractivity contribution is -0.147. The SMILES string of the molecule is C#C.COC(=O)C(CCCNC(=O)OC(C)(C)C)C(C)C. The number of rotatable bonds is 6. The van der Waals surface area contributed by atoms with Crippen molar-refractivity contribution in [2.75, 3.05) is 13.7 Å². The Kier molecular flexibility index (Phi) is 11.3. The molecule has 1 N–H and O–H groups in total. The smallest absolute Gasteiger partial charge is 0.407 e. The molecule has 0 saturated carbocycles. The van der Waals surface area contributed by atoms with Crippen LogP contribution in [-0.4, -0.2) is 31.3 Å². The minimum absolute atomic E-state index is 0.120. The fraction of sp³-hybridized carbons (Fsp3) is 0.750. The number of alkyl carbamates (subject to hydrolysis) is 1. The quantitative estimate of drug-likeness (QED) is 0.465. The zero-order valence-corrected chi connectivity index (χ0v) is 14.1. The van der Waals surface area contributed by atoms with Crippen LogP contribution < -0.4 is 5.32 Å². The number of terminal acetylenes is 1. The van der Waals surface area contributed by atoms with E-state index in [-0.39, 0.29) is 17.8 Å². The Balaban J connectivity index is 0. The zero-order chi connectivity index (χ0) is 17.1. The zero-order valence-electron chi connectivity index (χ0n) is 14.1. The lowest BCUT2D eigenvalue weighted by Gasteiger charge is -2.20. The van der Waals surface area contributed by atoms with E-state index in [9.17, 15) is 9.59 Å². The van der Waals surface area contributed by atoms with Crippen molar-refractivity contribution in [3.63, 3.8) is 0 Å². The van der Waals surface area contributed by atoms with Crippen LogP contribution in [0.25, 0.3) is 0 Å². The van der Waals surface area contributed by atoms with E-state index in [0.717, 1.165) is 6.42 Å². The van der Waals surface area contributed by atoms with Gasteiger partial charge in [0.1, 0.15) is 5.60 Å². The molecule has 0 aromatic carbocycles. The Morgan fingerprint density at radius 3 is 2.10 bits per heavy atom. The molecule has 0 heterocycles. The maximum atomic E-state index is 11.5. The number of methoxy groups -OCH3 is 1. The first-order valence-electron chi connectivity index (χ1n) is 7.05. The molecule has 0 aromatic heterocycles. The van der Waals surface area contributed by atoms with Crippen LogP contribution in [0.4, 0.5) is 4.79 Å². The highest BCUT2D eigenvalue weighted by Gasteiger charge is 2.22. The lowest BCUT2D eigenvalue weighted by Crippen LogP contribution is -2.33. The van der Waals surface area contributed by atoms with Crippen LogP contribution in [0.15, 0.2) is 0 Å². The molecule has 1 atom stereocenters. The highest BCUT2D eigenvalue weighted by molar-refractivity contribution is 5.72. The molecule has 0 rings (SSSR count). The van der Waals surface area contributed by atoms with Crippen LogP contribution in [0.2, 0.25) is 0 Å². The Labute approximate surface area is 128 Å². The minimum Gasteiger partial charge on any atom is -0.469 e. The van der Waals surface area contributed by atoms with Crippen molar-refractivity contribution >= 4 is 12.1 Å². The number of nitrogens with one attached hydrogen (secondary N) is 1.